The number of hydrogen-bond donors (Lipinski definition) is 2. The number of carboxylic acid groups (broad SMARTS) is 1. The third-order valence-corrected chi connectivity index (χ3v) is 5.40. The van der Waals surface area contributed by atoms with E-state index < -0.39 is 12.1 Å². The smallest absolute Gasteiger partial charge is 0.490 e. The number of aromatic nitrogens is 2. The average molecular weight is 521 g/mol. The van der Waals surface area contributed by atoms with Gasteiger partial charge >= 0.3 is 12.1 Å². The first kappa shape index (κ1) is 27.5. The summed E-state index contributed by atoms with van der Waals surface area (Å²) in [6, 6.07) is 15.3. The van der Waals surface area contributed by atoms with Crippen LogP contribution in [0.4, 0.5) is 13.2 Å². The molecule has 0 saturated heterocycles. The van der Waals surface area contributed by atoms with Crippen LogP contribution in [0, 0.1) is 0 Å². The zero-order valence-electron chi connectivity index (χ0n) is 20.1. The summed E-state index contributed by atoms with van der Waals surface area (Å²) in [5.74, 6) is -1.89. The minimum Gasteiger partial charge on any atom is -0.497 e. The van der Waals surface area contributed by atoms with Gasteiger partial charge in [-0.15, -0.1) is 0 Å². The van der Waals surface area contributed by atoms with Gasteiger partial charge in [-0.1, -0.05) is 30.3 Å². The van der Waals surface area contributed by atoms with Crippen molar-refractivity contribution < 1.29 is 42.1 Å². The van der Waals surface area contributed by atoms with Crippen LogP contribution in [0.15, 0.2) is 54.7 Å². The van der Waals surface area contributed by atoms with Gasteiger partial charge in [-0.25, -0.2) is 4.79 Å². The molecule has 9 nitrogen and oxygen atoms in total. The SMILES string of the molecule is COc1ccc(C(=O)NCC2OCCc3cn(Cc4ccccc4)nc32)c(OC)c1.O=C(O)C(F)(F)F. The highest BCUT2D eigenvalue weighted by Gasteiger charge is 2.38. The Morgan fingerprint density at radius 1 is 1.16 bits per heavy atom. The zero-order valence-corrected chi connectivity index (χ0v) is 20.1. The molecule has 2 heterocycles. The molecule has 1 atom stereocenters. The first-order chi connectivity index (χ1) is 17.6. The van der Waals surface area contributed by atoms with Crippen molar-refractivity contribution in [3.05, 3.63) is 77.1 Å². The molecule has 0 aliphatic carbocycles. The second kappa shape index (κ2) is 12.3. The standard InChI is InChI=1S/C23H25N3O4.C2HF3O2/c1-28-18-8-9-19(20(12-18)29-2)23(27)24-13-21-22-17(10-11-30-21)15-26(25-22)14-16-6-4-3-5-7-16;3-2(4,5)1(6)7/h3-9,12,15,21H,10-11,13-14H2,1-2H3,(H,24,27);(H,6,7). The number of ether oxygens (including phenoxy) is 3. The number of methoxy groups -OCH3 is 2. The summed E-state index contributed by atoms with van der Waals surface area (Å²) in [4.78, 5) is 21.6. The van der Waals surface area contributed by atoms with Gasteiger partial charge in [0.25, 0.3) is 5.91 Å². The van der Waals surface area contributed by atoms with Crippen LogP contribution in [0.25, 0.3) is 0 Å². The first-order valence-electron chi connectivity index (χ1n) is 11.1. The van der Waals surface area contributed by atoms with Crippen LogP contribution in [0.2, 0.25) is 0 Å². The minimum absolute atomic E-state index is 0.228. The monoisotopic (exact) mass is 521 g/mol. The van der Waals surface area contributed by atoms with Gasteiger partial charge < -0.3 is 24.6 Å². The number of carboxylic acids is 1. The van der Waals surface area contributed by atoms with Gasteiger partial charge in [-0.05, 0) is 29.7 Å². The van der Waals surface area contributed by atoms with Gasteiger partial charge in [-0.2, -0.15) is 18.3 Å². The largest absolute Gasteiger partial charge is 0.497 e. The highest BCUT2D eigenvalue weighted by atomic mass is 19.4. The number of aliphatic carboxylic acids is 1. The van der Waals surface area contributed by atoms with Gasteiger partial charge in [0.2, 0.25) is 0 Å². The molecule has 1 unspecified atom stereocenters. The molecule has 1 amide bonds. The Hall–Kier alpha value is -4.06. The van der Waals surface area contributed by atoms with Gasteiger partial charge in [0, 0.05) is 18.8 Å². The number of carbonyl (C=O) groups is 2. The third-order valence-electron chi connectivity index (χ3n) is 5.40. The summed E-state index contributed by atoms with van der Waals surface area (Å²) in [6.07, 6.45) is -2.47. The molecule has 198 valence electrons. The van der Waals surface area contributed by atoms with E-state index in [1.807, 2.05) is 22.9 Å². The van der Waals surface area contributed by atoms with Gasteiger partial charge in [0.15, 0.2) is 0 Å². The Balaban J connectivity index is 0.000000479. The summed E-state index contributed by atoms with van der Waals surface area (Å²) >= 11 is 0. The fourth-order valence-electron chi connectivity index (χ4n) is 3.61. The second-order valence-electron chi connectivity index (χ2n) is 7.91. The van der Waals surface area contributed by atoms with Crippen LogP contribution in [0.3, 0.4) is 0 Å². The van der Waals surface area contributed by atoms with Crippen molar-refractivity contribution in [1.29, 1.82) is 0 Å². The molecule has 4 rings (SSSR count). The molecule has 2 N–H and O–H groups in total. The quantitative estimate of drug-likeness (QED) is 0.489. The third kappa shape index (κ3) is 7.46. The summed E-state index contributed by atoms with van der Waals surface area (Å²) in [6.45, 7) is 1.65. The van der Waals surface area contributed by atoms with E-state index in [-0.39, 0.29) is 12.0 Å². The van der Waals surface area contributed by atoms with Crippen LogP contribution >= 0.6 is 0 Å². The van der Waals surface area contributed by atoms with E-state index >= 15 is 0 Å². The number of amides is 1. The Bertz CT molecular complexity index is 1210. The fraction of sp³-hybridized carbons (Fsp3) is 0.320. The summed E-state index contributed by atoms with van der Waals surface area (Å²) < 4.78 is 50.1. The molecule has 2 aromatic carbocycles. The molecule has 1 aliphatic heterocycles. The van der Waals surface area contributed by atoms with Gasteiger partial charge in [-0.3, -0.25) is 9.48 Å². The summed E-state index contributed by atoms with van der Waals surface area (Å²) in [5, 5.41) is 14.8. The molecule has 1 aliphatic rings. The number of hydrogen-bond acceptors (Lipinski definition) is 6. The molecule has 3 aromatic rings. The van der Waals surface area contributed by atoms with Crippen LogP contribution in [0.1, 0.15) is 33.3 Å². The van der Waals surface area contributed by atoms with E-state index in [0.29, 0.717) is 36.8 Å². The summed E-state index contributed by atoms with van der Waals surface area (Å²) in [5.41, 5.74) is 3.69. The molecule has 0 fully saturated rings. The maximum Gasteiger partial charge on any atom is 0.490 e. The molecule has 1 aromatic heterocycles. The van der Waals surface area contributed by atoms with Gasteiger partial charge in [0.05, 0.1) is 38.6 Å². The van der Waals surface area contributed by atoms with Crippen LogP contribution < -0.4 is 14.8 Å². The van der Waals surface area contributed by atoms with E-state index in [9.17, 15) is 18.0 Å². The lowest BCUT2D eigenvalue weighted by Crippen LogP contribution is -2.32. The lowest BCUT2D eigenvalue weighted by molar-refractivity contribution is -0.192. The molecular weight excluding hydrogens is 495 g/mol. The Labute approximate surface area is 210 Å². The van der Waals surface area contributed by atoms with E-state index in [0.717, 1.165) is 12.1 Å². The number of halogens is 3. The maximum absolute atomic E-state index is 12.7. The van der Waals surface area contributed by atoms with Crippen molar-refractivity contribution in [2.45, 2.75) is 25.2 Å². The van der Waals surface area contributed by atoms with Crippen molar-refractivity contribution >= 4 is 11.9 Å². The molecular formula is C25H26F3N3O6. The molecule has 0 spiro atoms. The Morgan fingerprint density at radius 3 is 2.49 bits per heavy atom. The van der Waals surface area contributed by atoms with E-state index in [1.165, 1.54) is 18.2 Å². The van der Waals surface area contributed by atoms with Crippen molar-refractivity contribution in [3.8, 4) is 11.5 Å². The lowest BCUT2D eigenvalue weighted by atomic mass is 10.1. The highest BCUT2D eigenvalue weighted by Crippen LogP contribution is 2.27. The predicted octanol–water partition coefficient (Wildman–Crippen LogP) is 3.63. The minimum atomic E-state index is -5.08. The lowest BCUT2D eigenvalue weighted by Gasteiger charge is -2.22. The van der Waals surface area contributed by atoms with E-state index in [4.69, 9.17) is 29.2 Å². The number of nitrogens with one attached hydrogen (secondary N) is 1. The van der Waals surface area contributed by atoms with E-state index in [1.54, 1.807) is 25.3 Å². The van der Waals surface area contributed by atoms with Crippen LogP contribution in [-0.2, 0) is 22.5 Å². The van der Waals surface area contributed by atoms with Crippen molar-refractivity contribution in [1.82, 2.24) is 15.1 Å². The molecule has 0 radical (unpaired) electrons. The number of carbonyl (C=O) groups excluding carboxylic acids is 1. The van der Waals surface area contributed by atoms with Crippen molar-refractivity contribution in [2.24, 2.45) is 0 Å². The normalized spacial score (nSPS) is 14.6. The molecule has 12 heteroatoms. The Kier molecular flexibility index (Phi) is 9.12. The topological polar surface area (TPSA) is 112 Å². The number of fused-ring (bicyclic) bond motifs is 1. The average Bonchev–Trinajstić information content (AvgIpc) is 3.30. The van der Waals surface area contributed by atoms with Crippen LogP contribution in [-0.4, -0.2) is 60.3 Å². The number of nitrogens with zero attached hydrogens (tertiary/aromatic N) is 2. The van der Waals surface area contributed by atoms with Crippen LogP contribution in [0.5, 0.6) is 11.5 Å². The van der Waals surface area contributed by atoms with Crippen molar-refractivity contribution in [2.75, 3.05) is 27.4 Å². The molecule has 0 saturated carbocycles. The highest BCUT2D eigenvalue weighted by molar-refractivity contribution is 5.97. The second-order valence-corrected chi connectivity index (χ2v) is 7.91. The van der Waals surface area contributed by atoms with Gasteiger partial charge in [0.1, 0.15) is 17.6 Å². The number of benzene rings is 2. The maximum atomic E-state index is 12.7. The zero-order chi connectivity index (χ0) is 27.0. The Morgan fingerprint density at radius 2 is 1.86 bits per heavy atom. The number of rotatable bonds is 7. The van der Waals surface area contributed by atoms with E-state index in [2.05, 4.69) is 23.6 Å². The number of alkyl halides is 3. The summed E-state index contributed by atoms with van der Waals surface area (Å²) in [7, 11) is 3.10. The predicted molar refractivity (Wildman–Crippen MR) is 126 cm³/mol. The first-order valence-corrected chi connectivity index (χ1v) is 11.1. The fourth-order valence-corrected chi connectivity index (χ4v) is 3.61. The van der Waals surface area contributed by atoms with Crippen molar-refractivity contribution in [3.63, 3.8) is 0 Å². The molecule has 0 bridgehead atoms. The molecule has 37 heavy (non-hydrogen) atoms.